The number of ether oxygens (including phenoxy) is 1. The first-order valence-corrected chi connectivity index (χ1v) is 7.10. The molecule has 0 spiro atoms. The summed E-state index contributed by atoms with van der Waals surface area (Å²) in [7, 11) is 1.63. The molecule has 1 aromatic rings. The normalized spacial score (nSPS) is 14.3. The highest BCUT2D eigenvalue weighted by Crippen LogP contribution is 2.32. The Morgan fingerprint density at radius 2 is 2.06 bits per heavy atom. The topological polar surface area (TPSA) is 35.2 Å². The van der Waals surface area contributed by atoms with Gasteiger partial charge in [-0.15, -0.1) is 0 Å². The lowest BCUT2D eigenvalue weighted by atomic mass is 9.87. The molecule has 0 aliphatic rings. The molecule has 0 saturated heterocycles. The van der Waals surface area contributed by atoms with Crippen molar-refractivity contribution < 1.29 is 4.74 Å². The van der Waals surface area contributed by atoms with Gasteiger partial charge in [0, 0.05) is 6.04 Å². The van der Waals surface area contributed by atoms with Crippen LogP contribution in [-0.2, 0) is 0 Å². The van der Waals surface area contributed by atoms with Crippen LogP contribution in [0.25, 0.3) is 0 Å². The minimum Gasteiger partial charge on any atom is -0.495 e. The van der Waals surface area contributed by atoms with E-state index in [0.29, 0.717) is 16.7 Å². The van der Waals surface area contributed by atoms with Gasteiger partial charge in [-0.3, -0.25) is 0 Å². The molecule has 0 aromatic heterocycles. The van der Waals surface area contributed by atoms with Gasteiger partial charge in [-0.2, -0.15) is 0 Å². The van der Waals surface area contributed by atoms with Crippen LogP contribution in [0.3, 0.4) is 0 Å². The first-order chi connectivity index (χ1) is 8.63. The lowest BCUT2D eigenvalue weighted by Gasteiger charge is -2.23. The van der Waals surface area contributed by atoms with Crippen LogP contribution in [-0.4, -0.2) is 7.11 Å². The zero-order valence-corrected chi connectivity index (χ0v) is 12.3. The summed E-state index contributed by atoms with van der Waals surface area (Å²) < 4.78 is 5.24. The molecule has 0 aliphatic carbocycles. The molecular weight excluding hydrogens is 246 g/mol. The third kappa shape index (κ3) is 3.89. The van der Waals surface area contributed by atoms with Crippen molar-refractivity contribution in [2.75, 3.05) is 7.11 Å². The Hall–Kier alpha value is -0.730. The summed E-state index contributed by atoms with van der Waals surface area (Å²) in [6.45, 7) is 4.41. The number of nitrogens with two attached hydrogens (primary N) is 1. The van der Waals surface area contributed by atoms with Gasteiger partial charge in [0.25, 0.3) is 0 Å². The van der Waals surface area contributed by atoms with Crippen molar-refractivity contribution in [2.45, 2.75) is 45.6 Å². The van der Waals surface area contributed by atoms with Gasteiger partial charge in [0.1, 0.15) is 5.75 Å². The quantitative estimate of drug-likeness (QED) is 0.787. The van der Waals surface area contributed by atoms with Gasteiger partial charge in [-0.25, -0.2) is 0 Å². The van der Waals surface area contributed by atoms with Crippen molar-refractivity contribution in [1.29, 1.82) is 0 Å². The van der Waals surface area contributed by atoms with E-state index >= 15 is 0 Å². The van der Waals surface area contributed by atoms with E-state index in [-0.39, 0.29) is 6.04 Å². The largest absolute Gasteiger partial charge is 0.495 e. The fourth-order valence-electron chi connectivity index (χ4n) is 2.26. The van der Waals surface area contributed by atoms with Crippen molar-refractivity contribution in [1.82, 2.24) is 0 Å². The lowest BCUT2D eigenvalue weighted by Crippen LogP contribution is -2.21. The summed E-state index contributed by atoms with van der Waals surface area (Å²) in [5.41, 5.74) is 7.48. The average molecular weight is 270 g/mol. The Kier molecular flexibility index (Phi) is 6.51. The number of benzene rings is 1. The second-order valence-corrected chi connectivity index (χ2v) is 5.14. The molecule has 1 rings (SSSR count). The Bertz CT molecular complexity index is 368. The zero-order chi connectivity index (χ0) is 13.5. The maximum Gasteiger partial charge on any atom is 0.137 e. The van der Waals surface area contributed by atoms with Gasteiger partial charge >= 0.3 is 0 Å². The molecule has 0 fully saturated rings. The Morgan fingerprint density at radius 3 is 2.61 bits per heavy atom. The van der Waals surface area contributed by atoms with Crippen molar-refractivity contribution in [3.63, 3.8) is 0 Å². The average Bonchev–Trinajstić information content (AvgIpc) is 2.40. The molecule has 102 valence electrons. The van der Waals surface area contributed by atoms with Crippen LogP contribution in [0, 0.1) is 5.92 Å². The summed E-state index contributed by atoms with van der Waals surface area (Å²) in [5, 5.41) is 0.634. The van der Waals surface area contributed by atoms with Gasteiger partial charge in [0.05, 0.1) is 12.1 Å². The van der Waals surface area contributed by atoms with E-state index < -0.39 is 0 Å². The first kappa shape index (κ1) is 15.3. The van der Waals surface area contributed by atoms with Crippen molar-refractivity contribution >= 4 is 11.6 Å². The van der Waals surface area contributed by atoms with E-state index in [1.54, 1.807) is 7.11 Å². The van der Waals surface area contributed by atoms with Crippen molar-refractivity contribution in [3.05, 3.63) is 28.8 Å². The number of rotatable bonds is 7. The second-order valence-electron chi connectivity index (χ2n) is 4.73. The molecule has 2 nitrogen and oxygen atoms in total. The Labute approximate surface area is 115 Å². The molecule has 1 aromatic carbocycles. The van der Waals surface area contributed by atoms with E-state index in [0.717, 1.165) is 12.0 Å². The van der Waals surface area contributed by atoms with E-state index in [4.69, 9.17) is 22.1 Å². The molecule has 0 saturated carbocycles. The molecule has 0 aliphatic heterocycles. The Morgan fingerprint density at radius 1 is 1.33 bits per heavy atom. The van der Waals surface area contributed by atoms with E-state index in [1.165, 1.54) is 19.3 Å². The van der Waals surface area contributed by atoms with E-state index in [1.807, 2.05) is 18.2 Å². The van der Waals surface area contributed by atoms with Crippen LogP contribution in [0.1, 0.15) is 51.1 Å². The van der Waals surface area contributed by atoms with Gasteiger partial charge in [0.15, 0.2) is 0 Å². The first-order valence-electron chi connectivity index (χ1n) is 6.73. The van der Waals surface area contributed by atoms with Gasteiger partial charge in [0.2, 0.25) is 0 Å². The highest BCUT2D eigenvalue weighted by atomic mass is 35.5. The van der Waals surface area contributed by atoms with Crippen LogP contribution < -0.4 is 10.5 Å². The smallest absolute Gasteiger partial charge is 0.137 e. The highest BCUT2D eigenvalue weighted by molar-refractivity contribution is 6.32. The number of unbranched alkanes of at least 4 members (excludes halogenated alkanes) is 1. The van der Waals surface area contributed by atoms with E-state index in [2.05, 4.69) is 13.8 Å². The summed E-state index contributed by atoms with van der Waals surface area (Å²) in [4.78, 5) is 0. The van der Waals surface area contributed by atoms with Crippen LogP contribution in [0.5, 0.6) is 5.75 Å². The molecule has 3 heteroatoms. The lowest BCUT2D eigenvalue weighted by molar-refractivity contribution is 0.375. The number of hydrogen-bond donors (Lipinski definition) is 1. The summed E-state index contributed by atoms with van der Waals surface area (Å²) in [6, 6.07) is 5.89. The Balaban J connectivity index is 2.83. The third-order valence-corrected chi connectivity index (χ3v) is 3.83. The zero-order valence-electron chi connectivity index (χ0n) is 11.6. The predicted molar refractivity (Wildman–Crippen MR) is 78.2 cm³/mol. The number of halogens is 1. The molecule has 2 atom stereocenters. The number of methoxy groups -OCH3 is 1. The molecule has 0 amide bonds. The molecule has 0 heterocycles. The SMILES string of the molecule is CCCCC(CC)C(N)c1ccc(Cl)c(OC)c1. The molecular formula is C15H24ClNO. The van der Waals surface area contributed by atoms with Crippen molar-refractivity contribution in [2.24, 2.45) is 11.7 Å². The summed E-state index contributed by atoms with van der Waals surface area (Å²) >= 11 is 6.03. The number of hydrogen-bond acceptors (Lipinski definition) is 2. The summed E-state index contributed by atoms with van der Waals surface area (Å²) in [5.74, 6) is 1.23. The van der Waals surface area contributed by atoms with Gasteiger partial charge < -0.3 is 10.5 Å². The minimum atomic E-state index is 0.0627. The third-order valence-electron chi connectivity index (χ3n) is 3.52. The maximum absolute atomic E-state index is 6.37. The van der Waals surface area contributed by atoms with Gasteiger partial charge in [-0.1, -0.05) is 50.8 Å². The summed E-state index contributed by atoms with van der Waals surface area (Å²) in [6.07, 6.45) is 4.73. The van der Waals surface area contributed by atoms with Crippen LogP contribution >= 0.6 is 11.6 Å². The minimum absolute atomic E-state index is 0.0627. The standard InChI is InChI=1S/C15H24ClNO/c1-4-6-7-11(5-2)15(17)12-8-9-13(16)14(10-12)18-3/h8-11,15H,4-7,17H2,1-3H3. The van der Waals surface area contributed by atoms with E-state index in [9.17, 15) is 0 Å². The predicted octanol–water partition coefficient (Wildman–Crippen LogP) is 4.56. The van der Waals surface area contributed by atoms with Crippen LogP contribution in [0.2, 0.25) is 5.02 Å². The molecule has 18 heavy (non-hydrogen) atoms. The monoisotopic (exact) mass is 269 g/mol. The molecule has 0 bridgehead atoms. The van der Waals surface area contributed by atoms with Crippen LogP contribution in [0.4, 0.5) is 0 Å². The molecule has 0 radical (unpaired) electrons. The molecule has 2 N–H and O–H groups in total. The highest BCUT2D eigenvalue weighted by Gasteiger charge is 2.18. The molecule has 2 unspecified atom stereocenters. The second kappa shape index (κ2) is 7.65. The van der Waals surface area contributed by atoms with Crippen LogP contribution in [0.15, 0.2) is 18.2 Å². The fourth-order valence-corrected chi connectivity index (χ4v) is 2.45. The maximum atomic E-state index is 6.37. The van der Waals surface area contributed by atoms with Gasteiger partial charge in [-0.05, 0) is 30.0 Å². The van der Waals surface area contributed by atoms with Crippen molar-refractivity contribution in [3.8, 4) is 5.75 Å². The fraction of sp³-hybridized carbons (Fsp3) is 0.600.